The van der Waals surface area contributed by atoms with Crippen LogP contribution in [0.4, 0.5) is 0 Å². The maximum Gasteiger partial charge on any atom is 0.303 e. The third-order valence-corrected chi connectivity index (χ3v) is 6.69. The predicted molar refractivity (Wildman–Crippen MR) is 120 cm³/mol. The molecular formula is C26H32N2O3. The lowest BCUT2D eigenvalue weighted by molar-refractivity contribution is -0.137. The van der Waals surface area contributed by atoms with Crippen LogP contribution in [0.2, 0.25) is 0 Å². The van der Waals surface area contributed by atoms with Crippen LogP contribution in [0, 0.1) is 5.41 Å². The highest BCUT2D eigenvalue weighted by Crippen LogP contribution is 2.39. The lowest BCUT2D eigenvalue weighted by Gasteiger charge is -2.44. The minimum atomic E-state index is -0.839. The molecule has 31 heavy (non-hydrogen) atoms. The normalized spacial score (nSPS) is 21.5. The van der Waals surface area contributed by atoms with Crippen LogP contribution in [0.25, 0.3) is 0 Å². The number of aliphatic carboxylic acids is 1. The molecule has 1 N–H and O–H groups in total. The molecule has 4 rings (SSSR count). The van der Waals surface area contributed by atoms with Crippen molar-refractivity contribution in [3.05, 3.63) is 71.3 Å². The van der Waals surface area contributed by atoms with Gasteiger partial charge in [0.15, 0.2) is 0 Å². The first-order valence-electron chi connectivity index (χ1n) is 11.4. The number of fused-ring (bicyclic) bond motifs is 1. The summed E-state index contributed by atoms with van der Waals surface area (Å²) in [6.45, 7) is 4.39. The van der Waals surface area contributed by atoms with Crippen LogP contribution in [0.3, 0.4) is 0 Å². The SMILES string of the molecule is O=C(O)CCCC(=O)N1Cc2ccccc2CC2(CCCN(Cc3ccccc3)C2)C1. The van der Waals surface area contributed by atoms with Gasteiger partial charge >= 0.3 is 5.97 Å². The summed E-state index contributed by atoms with van der Waals surface area (Å²) < 4.78 is 0. The molecule has 0 saturated carbocycles. The lowest BCUT2D eigenvalue weighted by Crippen LogP contribution is -2.50. The highest BCUT2D eigenvalue weighted by atomic mass is 16.4. The van der Waals surface area contributed by atoms with Crippen LogP contribution in [0.15, 0.2) is 54.6 Å². The molecule has 2 aromatic carbocycles. The smallest absolute Gasteiger partial charge is 0.303 e. The second-order valence-corrected chi connectivity index (χ2v) is 9.24. The number of carboxylic acids is 1. The summed E-state index contributed by atoms with van der Waals surface area (Å²) in [4.78, 5) is 28.5. The van der Waals surface area contributed by atoms with E-state index in [1.807, 2.05) is 11.0 Å². The molecule has 2 aliphatic heterocycles. The summed E-state index contributed by atoms with van der Waals surface area (Å²) in [6.07, 6.45) is 4.00. The zero-order valence-corrected chi connectivity index (χ0v) is 18.1. The number of nitrogens with zero attached hydrogens (tertiary/aromatic N) is 2. The van der Waals surface area contributed by atoms with Crippen molar-refractivity contribution in [3.63, 3.8) is 0 Å². The molecule has 1 saturated heterocycles. The van der Waals surface area contributed by atoms with Gasteiger partial charge < -0.3 is 10.0 Å². The molecule has 0 radical (unpaired) electrons. The van der Waals surface area contributed by atoms with Gasteiger partial charge in [0, 0.05) is 44.4 Å². The van der Waals surface area contributed by atoms with E-state index in [1.54, 1.807) is 0 Å². The molecule has 0 aliphatic carbocycles. The maximum atomic E-state index is 13.1. The first kappa shape index (κ1) is 21.6. The number of carbonyl (C=O) groups is 2. The Labute approximate surface area is 184 Å². The number of hydrogen-bond donors (Lipinski definition) is 1. The Morgan fingerprint density at radius 2 is 1.68 bits per heavy atom. The van der Waals surface area contributed by atoms with Gasteiger partial charge in [-0.3, -0.25) is 14.5 Å². The van der Waals surface area contributed by atoms with Gasteiger partial charge in [0.1, 0.15) is 0 Å². The molecule has 2 aliphatic rings. The number of hydrogen-bond acceptors (Lipinski definition) is 3. The highest BCUT2D eigenvalue weighted by molar-refractivity contribution is 5.77. The van der Waals surface area contributed by atoms with Crippen LogP contribution < -0.4 is 0 Å². The van der Waals surface area contributed by atoms with Gasteiger partial charge in [0.05, 0.1) is 0 Å². The number of likely N-dealkylation sites (tertiary alicyclic amines) is 1. The zero-order valence-electron chi connectivity index (χ0n) is 18.1. The number of benzene rings is 2. The van der Waals surface area contributed by atoms with Crippen LogP contribution in [-0.2, 0) is 29.1 Å². The Morgan fingerprint density at radius 1 is 0.935 bits per heavy atom. The fourth-order valence-electron chi connectivity index (χ4n) is 5.30. The van der Waals surface area contributed by atoms with E-state index < -0.39 is 5.97 Å². The monoisotopic (exact) mass is 420 g/mol. The molecule has 2 aromatic rings. The largest absolute Gasteiger partial charge is 0.481 e. The van der Waals surface area contributed by atoms with E-state index in [4.69, 9.17) is 5.11 Å². The van der Waals surface area contributed by atoms with E-state index >= 15 is 0 Å². The molecular weight excluding hydrogens is 388 g/mol. The Hall–Kier alpha value is -2.66. The Morgan fingerprint density at radius 3 is 2.45 bits per heavy atom. The van der Waals surface area contributed by atoms with E-state index in [0.29, 0.717) is 19.4 Å². The average Bonchev–Trinajstić information content (AvgIpc) is 2.90. The molecule has 1 amide bonds. The molecule has 5 heteroatoms. The van der Waals surface area contributed by atoms with E-state index in [0.717, 1.165) is 45.4 Å². The van der Waals surface area contributed by atoms with Crippen molar-refractivity contribution < 1.29 is 14.7 Å². The molecule has 1 unspecified atom stereocenters. The fraction of sp³-hybridized carbons (Fsp3) is 0.462. The zero-order chi connectivity index (χ0) is 21.7. The molecule has 0 aromatic heterocycles. The average molecular weight is 421 g/mol. The van der Waals surface area contributed by atoms with Gasteiger partial charge in [-0.15, -0.1) is 0 Å². The summed E-state index contributed by atoms with van der Waals surface area (Å²) in [7, 11) is 0. The van der Waals surface area contributed by atoms with Gasteiger partial charge in [-0.2, -0.15) is 0 Å². The summed E-state index contributed by atoms with van der Waals surface area (Å²) in [5.74, 6) is -0.758. The first-order valence-corrected chi connectivity index (χ1v) is 11.4. The van der Waals surface area contributed by atoms with E-state index in [-0.39, 0.29) is 17.7 Å². The third kappa shape index (κ3) is 5.53. The van der Waals surface area contributed by atoms with Crippen LogP contribution in [0.1, 0.15) is 48.8 Å². The number of carbonyl (C=O) groups excluding carboxylic acids is 1. The number of rotatable bonds is 6. The third-order valence-electron chi connectivity index (χ3n) is 6.69. The van der Waals surface area contributed by atoms with Gasteiger partial charge in [-0.25, -0.2) is 0 Å². The summed E-state index contributed by atoms with van der Waals surface area (Å²) in [6, 6.07) is 19.1. The number of amides is 1. The van der Waals surface area contributed by atoms with Crippen molar-refractivity contribution in [1.82, 2.24) is 9.80 Å². The minimum Gasteiger partial charge on any atom is -0.481 e. The Balaban J connectivity index is 1.53. The summed E-state index contributed by atoms with van der Waals surface area (Å²) in [5.41, 5.74) is 3.95. The fourth-order valence-corrected chi connectivity index (χ4v) is 5.30. The van der Waals surface area contributed by atoms with Gasteiger partial charge in [-0.1, -0.05) is 54.6 Å². The summed E-state index contributed by atoms with van der Waals surface area (Å²) in [5, 5.41) is 8.93. The molecule has 1 fully saturated rings. The molecule has 0 bridgehead atoms. The second kappa shape index (κ2) is 9.65. The molecule has 164 valence electrons. The topological polar surface area (TPSA) is 60.9 Å². The van der Waals surface area contributed by atoms with Gasteiger partial charge in [0.25, 0.3) is 0 Å². The van der Waals surface area contributed by atoms with Crippen LogP contribution >= 0.6 is 0 Å². The van der Waals surface area contributed by atoms with E-state index in [2.05, 4.69) is 53.4 Å². The first-order chi connectivity index (χ1) is 15.0. The van der Waals surface area contributed by atoms with E-state index in [1.165, 1.54) is 16.7 Å². The molecule has 2 heterocycles. The lowest BCUT2D eigenvalue weighted by atomic mass is 9.74. The van der Waals surface area contributed by atoms with Crippen molar-refractivity contribution in [2.24, 2.45) is 5.41 Å². The standard InChI is InChI=1S/C26H32N2O3/c29-24(12-6-13-25(30)31)28-18-23-11-5-4-10-22(23)16-26(20-28)14-7-15-27(19-26)17-21-8-2-1-3-9-21/h1-5,8-11H,6-7,12-20H2,(H,30,31). The van der Waals surface area contributed by atoms with E-state index in [9.17, 15) is 9.59 Å². The van der Waals surface area contributed by atoms with Gasteiger partial charge in [0.2, 0.25) is 5.91 Å². The predicted octanol–water partition coefficient (Wildman–Crippen LogP) is 4.11. The number of piperidine rings is 1. The summed E-state index contributed by atoms with van der Waals surface area (Å²) >= 11 is 0. The second-order valence-electron chi connectivity index (χ2n) is 9.24. The highest BCUT2D eigenvalue weighted by Gasteiger charge is 2.40. The van der Waals surface area contributed by atoms with Crippen molar-refractivity contribution in [2.75, 3.05) is 19.6 Å². The van der Waals surface area contributed by atoms with Crippen molar-refractivity contribution >= 4 is 11.9 Å². The number of carboxylic acid groups (broad SMARTS) is 1. The Bertz CT molecular complexity index is 914. The molecule has 1 spiro atoms. The maximum absolute atomic E-state index is 13.1. The quantitative estimate of drug-likeness (QED) is 0.764. The van der Waals surface area contributed by atoms with Crippen molar-refractivity contribution in [3.8, 4) is 0 Å². The van der Waals surface area contributed by atoms with Crippen molar-refractivity contribution in [2.45, 2.75) is 51.6 Å². The van der Waals surface area contributed by atoms with Crippen LogP contribution in [0.5, 0.6) is 0 Å². The minimum absolute atomic E-state index is 0.0437. The molecule has 1 atom stereocenters. The van der Waals surface area contributed by atoms with Crippen LogP contribution in [-0.4, -0.2) is 46.4 Å². The van der Waals surface area contributed by atoms with Crippen molar-refractivity contribution in [1.29, 1.82) is 0 Å². The molecule has 5 nitrogen and oxygen atoms in total. The van der Waals surface area contributed by atoms with Gasteiger partial charge in [-0.05, 0) is 48.9 Å². The Kier molecular flexibility index (Phi) is 6.71.